The number of Topliss-reactive ketones (excluding diaryl/α,β-unsaturated/α-hetero) is 1. The van der Waals surface area contributed by atoms with Gasteiger partial charge >= 0.3 is 35.8 Å². The highest BCUT2D eigenvalue weighted by atomic mass is 16.4. The molecule has 0 aromatic carbocycles. The van der Waals surface area contributed by atoms with E-state index in [1.165, 1.54) is 27.7 Å². The number of nitrogens with two attached hydrogens (primary N) is 4. The summed E-state index contributed by atoms with van der Waals surface area (Å²) in [5.74, 6) is -29.6. The summed E-state index contributed by atoms with van der Waals surface area (Å²) in [5, 5.41) is 94.6. The van der Waals surface area contributed by atoms with Gasteiger partial charge in [0.2, 0.25) is 100 Å². The molecule has 0 spiro atoms. The van der Waals surface area contributed by atoms with Gasteiger partial charge in [-0.1, -0.05) is 0 Å². The van der Waals surface area contributed by atoms with Crippen molar-refractivity contribution in [2.45, 2.75) is 256 Å². The summed E-state index contributed by atoms with van der Waals surface area (Å²) in [6, 6.07) is -29.0. The van der Waals surface area contributed by atoms with Crippen molar-refractivity contribution >= 4 is 148 Å². The van der Waals surface area contributed by atoms with Crippen molar-refractivity contribution in [3.05, 3.63) is 0 Å². The lowest BCUT2D eigenvalue weighted by Gasteiger charge is -2.27. The van der Waals surface area contributed by atoms with Crippen LogP contribution < -0.4 is 113 Å². The molecule has 127 heavy (non-hydrogen) atoms. The number of carboxylic acids is 6. The average Bonchev–Trinajstić information content (AvgIpc) is 0.846. The largest absolute Gasteiger partial charge is 0.481 e. The van der Waals surface area contributed by atoms with Gasteiger partial charge < -0.3 is 144 Å². The number of carbonyl (C=O) groups is 25. The normalized spacial score (nSPS) is 15.3. The predicted octanol–water partition coefficient (Wildman–Crippen LogP) is -13.2. The van der Waals surface area contributed by atoms with Gasteiger partial charge in [0, 0.05) is 32.9 Å². The molecule has 0 saturated carbocycles. The molecule has 0 unspecified atom stereocenters. The third-order valence-corrected chi connectivity index (χ3v) is 18.2. The Morgan fingerprint density at radius 3 is 0.748 bits per heavy atom. The fourth-order valence-corrected chi connectivity index (χ4v) is 11.1. The van der Waals surface area contributed by atoms with Gasteiger partial charge in [-0.2, -0.15) is 0 Å². The van der Waals surface area contributed by atoms with Crippen molar-refractivity contribution in [1.29, 1.82) is 0 Å². The molecule has 18 atom stereocenters. The van der Waals surface area contributed by atoms with E-state index in [0.29, 0.717) is 24.2 Å². The third kappa shape index (κ3) is 45.3. The Bertz CT molecular complexity index is 3940. The molecule has 0 heterocycles. The fraction of sp³-hybridized carbons (Fsp3) is 0.658. The van der Waals surface area contributed by atoms with E-state index < -0.39 is 322 Å². The van der Waals surface area contributed by atoms with Crippen LogP contribution in [0.4, 0.5) is 0 Å². The first kappa shape index (κ1) is 114. The quantitative estimate of drug-likeness (QED) is 0.0199. The number of nitrogens with one attached hydrogen (secondary N) is 17. The Kier molecular flexibility index (Phi) is 51.3. The predicted molar refractivity (Wildman–Crippen MR) is 436 cm³/mol. The van der Waals surface area contributed by atoms with Crippen LogP contribution >= 0.6 is 0 Å². The first-order valence-corrected chi connectivity index (χ1v) is 39.8. The summed E-state index contributed by atoms with van der Waals surface area (Å²) >= 11 is 0. The number of carboxylic acid groups (broad SMARTS) is 6. The molecule has 0 aromatic rings. The molecule has 0 saturated heterocycles. The Morgan fingerprint density at radius 1 is 0.260 bits per heavy atom. The number of ketones is 1. The maximum Gasteiger partial charge on any atom is 0.317 e. The number of hydrogen-bond acceptors (Lipinski definition) is 30. The van der Waals surface area contributed by atoms with Crippen LogP contribution in [0.15, 0.2) is 0 Å². The van der Waals surface area contributed by atoms with E-state index in [1.54, 1.807) is 0 Å². The maximum absolute atomic E-state index is 14.0. The first-order valence-electron chi connectivity index (χ1n) is 39.8. The van der Waals surface area contributed by atoms with Gasteiger partial charge in [0.15, 0.2) is 11.8 Å². The van der Waals surface area contributed by atoms with Gasteiger partial charge in [0.1, 0.15) is 96.7 Å². The van der Waals surface area contributed by atoms with Gasteiger partial charge in [0.25, 0.3) is 5.91 Å². The zero-order chi connectivity index (χ0) is 97.7. The molecule has 0 aromatic heterocycles. The molecule has 31 N–H and O–H groups in total. The van der Waals surface area contributed by atoms with E-state index in [1.807, 2.05) is 5.32 Å². The van der Waals surface area contributed by atoms with E-state index in [-0.39, 0.29) is 32.4 Å². The number of carbonyl (C=O) groups excluding carboxylic acids is 19. The third-order valence-electron chi connectivity index (χ3n) is 18.2. The summed E-state index contributed by atoms with van der Waals surface area (Å²) in [7, 11) is 0. The number of primary amides is 1. The van der Waals surface area contributed by atoms with Crippen LogP contribution in [-0.2, 0) is 120 Å². The maximum atomic E-state index is 14.0. The molecule has 54 nitrogen and oxygen atoms in total. The zero-order valence-corrected chi connectivity index (χ0v) is 72.2. The van der Waals surface area contributed by atoms with E-state index in [9.17, 15) is 151 Å². The number of unbranched alkanes of at least 4 members (excludes halogenated alkanes) is 2. The summed E-state index contributed by atoms with van der Waals surface area (Å²) in [6.07, 6.45) is -1.10. The Labute approximate surface area is 727 Å². The number of hydrogen-bond donors (Lipinski definition) is 27. The van der Waals surface area contributed by atoms with Gasteiger partial charge in [-0.15, -0.1) is 0 Å². The second-order valence-electron chi connectivity index (χ2n) is 29.7. The molecule has 0 fully saturated rings. The summed E-state index contributed by atoms with van der Waals surface area (Å²) in [5.41, 5.74) is 22.7. The van der Waals surface area contributed by atoms with Crippen LogP contribution in [0.2, 0.25) is 0 Å². The monoisotopic (exact) mass is 1820 g/mol. The minimum Gasteiger partial charge on any atom is -0.481 e. The van der Waals surface area contributed by atoms with Crippen molar-refractivity contribution in [2.24, 2.45) is 22.9 Å². The highest BCUT2D eigenvalue weighted by molar-refractivity contribution is 6.11. The van der Waals surface area contributed by atoms with E-state index in [2.05, 4.69) is 85.1 Å². The molecule has 0 bridgehead atoms. The second kappa shape index (κ2) is 57.3. The van der Waals surface area contributed by atoms with E-state index in [4.69, 9.17) is 22.9 Å². The van der Waals surface area contributed by atoms with Crippen molar-refractivity contribution in [1.82, 2.24) is 100 Å². The Morgan fingerprint density at radius 2 is 0.480 bits per heavy atom. The lowest BCUT2D eigenvalue weighted by Crippen LogP contribution is -2.63. The smallest absolute Gasteiger partial charge is 0.317 e. The lowest BCUT2D eigenvalue weighted by atomic mass is 10.0. The molecule has 0 radical (unpaired) electrons. The van der Waals surface area contributed by atoms with Crippen LogP contribution in [-0.4, -0.2) is 349 Å². The number of rotatable bonds is 62. The minimum absolute atomic E-state index is 0.0951. The van der Waals surface area contributed by atoms with E-state index in [0.717, 1.165) is 60.3 Å². The highest BCUT2D eigenvalue weighted by Gasteiger charge is 2.40. The zero-order valence-electron chi connectivity index (χ0n) is 72.2. The Hall–Kier alpha value is -13.2. The molecular formula is C73H121N23O31. The molecule has 0 rings (SSSR count). The molecule has 18 amide bonds. The van der Waals surface area contributed by atoms with Crippen LogP contribution in [0.5, 0.6) is 0 Å². The Balaban J connectivity index is 6.30. The van der Waals surface area contributed by atoms with Crippen molar-refractivity contribution < 1.29 is 151 Å². The van der Waals surface area contributed by atoms with Crippen molar-refractivity contribution in [3.8, 4) is 0 Å². The second-order valence-corrected chi connectivity index (χ2v) is 29.7. The molecule has 0 aliphatic carbocycles. The summed E-state index contributed by atoms with van der Waals surface area (Å²) in [4.78, 5) is 324. The van der Waals surface area contributed by atoms with Crippen LogP contribution in [0.25, 0.3) is 0 Å². The number of aliphatic carboxylic acids is 6. The lowest BCUT2D eigenvalue weighted by molar-refractivity contribution is -0.144. The highest BCUT2D eigenvalue weighted by Crippen LogP contribution is 2.10. The summed E-state index contributed by atoms with van der Waals surface area (Å²) in [6.45, 7) is 8.47. The van der Waals surface area contributed by atoms with Gasteiger partial charge in [-0.05, 0) is 141 Å². The standard InChI is InChI=1S/C73H121N23O31/c1-31(58(112)78-33(3)60(114)83-39(9)66(120)91-46(19-21-49(98)99)70(124)90-44(57(77)111)17-13-15-23-74)80-63(117)36(6)86-69(123)45(18-14-16-24-75)93-71(125)47(20-22-50(100)101)92-67(121)40(10)84-61(115)34(4)79-59(113)32(2)82-65(119)38(8)88-73(127)55(56(110)43(76)25-95(27-51(102)103)28-52(104)105)94-68(122)41(11)85-62(116)35(5)81-64(118)37(7)87-72(126)48(89-42(12)97)26-96(29-53(106)107)30-54(108)109/h31-41,43-48,55H,13-30,74-76H2,1-12H3,(H2,77,111)(H,78,112)(H,79,113)(H,80,117)(H,81,118)(H,82,119)(H,83,114)(H,84,115)(H,85,116)(H,86,123)(H,87,126)(H,88,127)(H,89,97)(H,90,124)(H,91,120)(H,92,121)(H,93,125)(H,94,122)(H,98,99)(H,100,101)(H,102,103)(H,104,105)(H,106,107)(H,108,109)/t31-,32-,33-,34-,35-,36-,37-,38-,39-,40-,41-,43-,44-,45-,46-,47-,48-,55+/m0/s1. The molecular weight excluding hydrogens is 1690 g/mol. The van der Waals surface area contributed by atoms with Crippen LogP contribution in [0.3, 0.4) is 0 Å². The average molecular weight is 1820 g/mol. The number of amides is 18. The summed E-state index contributed by atoms with van der Waals surface area (Å²) < 4.78 is 0. The minimum atomic E-state index is -2.45. The van der Waals surface area contributed by atoms with Crippen molar-refractivity contribution in [3.63, 3.8) is 0 Å². The molecule has 0 aliphatic heterocycles. The van der Waals surface area contributed by atoms with E-state index >= 15 is 0 Å². The fourth-order valence-electron chi connectivity index (χ4n) is 11.1. The van der Waals surface area contributed by atoms with Gasteiger partial charge in [-0.3, -0.25) is 130 Å². The van der Waals surface area contributed by atoms with Crippen LogP contribution in [0, 0.1) is 0 Å². The molecule has 714 valence electrons. The molecule has 0 aliphatic rings. The molecule has 54 heteroatoms. The van der Waals surface area contributed by atoms with Crippen LogP contribution in [0.1, 0.15) is 147 Å². The van der Waals surface area contributed by atoms with Gasteiger partial charge in [0.05, 0.1) is 32.2 Å². The topological polar surface area (TPSA) is 863 Å². The SMILES string of the molecule is CC(=O)N[C@@H](CN(CC(=O)O)CC(=O)O)C(=O)N[C@@H](C)C(=O)N[C@@H](C)C(=O)N[C@@H](C)C(=O)N[C@@H](C(=O)N[C@@H](C)C(=O)N[C@@H](C)C(=O)N[C@@H](C)C(=O)N[C@@H](C)C(=O)N[C@@H](CCC(=O)O)C(=O)N[C@@H](CCCCN)C(=O)N[C@@H](C)C(=O)N[C@@H](C)C(=O)N[C@@H](C)C(=O)N[C@@H](C)C(=O)N[C@@H](CCC(=O)O)C(=O)N[C@@H](CCCCN)C(N)=O)C(=O)[C@@H](N)CN(CC(=O)O)CC(=O)O. The van der Waals surface area contributed by atoms with Gasteiger partial charge in [-0.25, -0.2) is 0 Å². The number of nitrogens with zero attached hydrogens (tertiary/aromatic N) is 2. The first-order chi connectivity index (χ1) is 59.0. The van der Waals surface area contributed by atoms with Crippen molar-refractivity contribution in [2.75, 3.05) is 52.4 Å².